The van der Waals surface area contributed by atoms with E-state index in [1.165, 1.54) is 0 Å². The van der Waals surface area contributed by atoms with Crippen LogP contribution in [0.5, 0.6) is 0 Å². The lowest BCUT2D eigenvalue weighted by Gasteiger charge is -2.08. The zero-order valence-electron chi connectivity index (χ0n) is 8.74. The Bertz CT molecular complexity index is 377. The van der Waals surface area contributed by atoms with Gasteiger partial charge in [-0.3, -0.25) is 0 Å². The molecule has 2 N–H and O–H groups in total. The molecule has 1 aromatic rings. The minimum absolute atomic E-state index is 0.0182. The van der Waals surface area contributed by atoms with Crippen molar-refractivity contribution in [2.45, 2.75) is 0 Å². The summed E-state index contributed by atoms with van der Waals surface area (Å²) in [4.78, 5) is 0. The van der Waals surface area contributed by atoms with Crippen molar-refractivity contribution in [1.82, 2.24) is 0 Å². The van der Waals surface area contributed by atoms with Crippen LogP contribution in [0.25, 0.3) is 0 Å². The monoisotopic (exact) mass is 240 g/mol. The summed E-state index contributed by atoms with van der Waals surface area (Å²) < 4.78 is 5.08. The molecule has 0 saturated carbocycles. The molecule has 1 rings (SSSR count). The first-order valence-corrected chi connectivity index (χ1v) is 5.28. The van der Waals surface area contributed by atoms with E-state index in [9.17, 15) is 0 Å². The third-order valence-corrected chi connectivity index (χ3v) is 2.13. The third-order valence-electron chi connectivity index (χ3n) is 1.90. The van der Waals surface area contributed by atoms with Gasteiger partial charge in [-0.25, -0.2) is 0 Å². The molecule has 0 bridgehead atoms. The van der Waals surface area contributed by atoms with Gasteiger partial charge in [0.25, 0.3) is 0 Å². The van der Waals surface area contributed by atoms with E-state index in [1.54, 1.807) is 18.2 Å². The Hall–Kier alpha value is -1.28. The number of halogens is 1. The fourth-order valence-corrected chi connectivity index (χ4v) is 1.36. The number of hydrogen-bond donors (Lipinski definition) is 2. The first-order valence-electron chi connectivity index (χ1n) is 4.90. The van der Waals surface area contributed by atoms with Gasteiger partial charge in [0.05, 0.1) is 31.1 Å². The van der Waals surface area contributed by atoms with Gasteiger partial charge in [0.1, 0.15) is 6.07 Å². The van der Waals surface area contributed by atoms with E-state index in [1.807, 2.05) is 0 Å². The molecule has 0 saturated heterocycles. The van der Waals surface area contributed by atoms with Crippen LogP contribution in [0.15, 0.2) is 18.2 Å². The number of ether oxygens (including phenoxy) is 1. The maximum absolute atomic E-state index is 8.87. The molecular weight excluding hydrogens is 228 g/mol. The van der Waals surface area contributed by atoms with Crippen molar-refractivity contribution in [3.8, 4) is 6.07 Å². The summed E-state index contributed by atoms with van der Waals surface area (Å²) in [5.74, 6) is 0. The summed E-state index contributed by atoms with van der Waals surface area (Å²) in [6.07, 6.45) is 0. The average molecular weight is 241 g/mol. The molecule has 4 nitrogen and oxygen atoms in total. The molecule has 0 aromatic heterocycles. The summed E-state index contributed by atoms with van der Waals surface area (Å²) in [7, 11) is 0. The number of benzene rings is 1. The zero-order chi connectivity index (χ0) is 11.8. The van der Waals surface area contributed by atoms with E-state index in [4.69, 9.17) is 26.7 Å². The fourth-order valence-electron chi connectivity index (χ4n) is 1.19. The number of anilines is 1. The molecule has 16 heavy (non-hydrogen) atoms. The number of nitrogens with zero attached hydrogens (tertiary/aromatic N) is 1. The van der Waals surface area contributed by atoms with E-state index in [0.717, 1.165) is 5.69 Å². The molecule has 0 heterocycles. The van der Waals surface area contributed by atoms with Gasteiger partial charge in [0.15, 0.2) is 0 Å². The standard InChI is InChI=1S/C11H13ClN2O2/c12-10-1-2-11(9(7-10)8-13)14-3-5-16-6-4-15/h1-2,7,14-15H,3-6H2. The van der Waals surface area contributed by atoms with Crippen molar-refractivity contribution in [3.63, 3.8) is 0 Å². The molecule has 0 unspecified atom stereocenters. The van der Waals surface area contributed by atoms with Crippen LogP contribution in [0.2, 0.25) is 5.02 Å². The highest BCUT2D eigenvalue weighted by Crippen LogP contribution is 2.19. The zero-order valence-corrected chi connectivity index (χ0v) is 9.50. The Kier molecular flexibility index (Phi) is 5.65. The molecule has 1 aromatic carbocycles. The van der Waals surface area contributed by atoms with Crippen molar-refractivity contribution < 1.29 is 9.84 Å². The molecule has 0 aliphatic rings. The van der Waals surface area contributed by atoms with Crippen LogP contribution in [-0.2, 0) is 4.74 Å². The predicted molar refractivity (Wildman–Crippen MR) is 62.6 cm³/mol. The third kappa shape index (κ3) is 4.07. The van der Waals surface area contributed by atoms with E-state index in [2.05, 4.69) is 11.4 Å². The van der Waals surface area contributed by atoms with Crippen LogP contribution in [0.3, 0.4) is 0 Å². The molecule has 0 fully saturated rings. The van der Waals surface area contributed by atoms with E-state index in [-0.39, 0.29) is 6.61 Å². The number of aliphatic hydroxyl groups is 1. The van der Waals surface area contributed by atoms with Crippen molar-refractivity contribution in [2.24, 2.45) is 0 Å². The van der Waals surface area contributed by atoms with Crippen LogP contribution in [0.1, 0.15) is 5.56 Å². The Morgan fingerprint density at radius 2 is 2.25 bits per heavy atom. The summed E-state index contributed by atoms with van der Waals surface area (Å²) in [6, 6.07) is 7.15. The minimum Gasteiger partial charge on any atom is -0.394 e. The average Bonchev–Trinajstić information content (AvgIpc) is 2.30. The quantitative estimate of drug-likeness (QED) is 0.742. The molecular formula is C11H13ClN2O2. The highest BCUT2D eigenvalue weighted by Gasteiger charge is 2.01. The van der Waals surface area contributed by atoms with Gasteiger partial charge in [-0.1, -0.05) is 11.6 Å². The lowest BCUT2D eigenvalue weighted by atomic mass is 10.2. The van der Waals surface area contributed by atoms with Gasteiger partial charge in [0.2, 0.25) is 0 Å². The smallest absolute Gasteiger partial charge is 0.101 e. The first-order chi connectivity index (χ1) is 7.77. The number of hydrogen-bond acceptors (Lipinski definition) is 4. The normalized spacial score (nSPS) is 9.81. The van der Waals surface area contributed by atoms with Crippen LogP contribution in [0, 0.1) is 11.3 Å². The van der Waals surface area contributed by atoms with Gasteiger partial charge in [-0.15, -0.1) is 0 Å². The second kappa shape index (κ2) is 7.07. The first kappa shape index (κ1) is 12.8. The van der Waals surface area contributed by atoms with Crippen LogP contribution in [-0.4, -0.2) is 31.5 Å². The molecule has 0 amide bonds. The molecule has 0 aliphatic heterocycles. The Balaban J connectivity index is 2.45. The molecule has 5 heteroatoms. The molecule has 0 aliphatic carbocycles. The SMILES string of the molecule is N#Cc1cc(Cl)ccc1NCCOCCO. The number of aliphatic hydroxyl groups excluding tert-OH is 1. The number of rotatable bonds is 6. The second-order valence-corrected chi connectivity index (χ2v) is 3.50. The Morgan fingerprint density at radius 1 is 1.44 bits per heavy atom. The highest BCUT2D eigenvalue weighted by atomic mass is 35.5. The van der Waals surface area contributed by atoms with Gasteiger partial charge in [0, 0.05) is 11.6 Å². The summed E-state index contributed by atoms with van der Waals surface area (Å²) >= 11 is 5.77. The lowest BCUT2D eigenvalue weighted by molar-refractivity contribution is 0.0992. The number of nitrogens with one attached hydrogen (secondary N) is 1. The lowest BCUT2D eigenvalue weighted by Crippen LogP contribution is -2.11. The summed E-state index contributed by atoms with van der Waals surface area (Å²) in [5, 5.41) is 21.0. The van der Waals surface area contributed by atoms with Gasteiger partial charge in [-0.05, 0) is 18.2 Å². The van der Waals surface area contributed by atoms with Gasteiger partial charge in [-0.2, -0.15) is 5.26 Å². The predicted octanol–water partition coefficient (Wildman–Crippen LogP) is 1.63. The van der Waals surface area contributed by atoms with Crippen LogP contribution >= 0.6 is 11.6 Å². The van der Waals surface area contributed by atoms with Crippen molar-refractivity contribution in [1.29, 1.82) is 5.26 Å². The number of nitriles is 1. The van der Waals surface area contributed by atoms with E-state index >= 15 is 0 Å². The van der Waals surface area contributed by atoms with Crippen LogP contribution < -0.4 is 5.32 Å². The van der Waals surface area contributed by atoms with E-state index in [0.29, 0.717) is 30.3 Å². The van der Waals surface area contributed by atoms with Gasteiger partial charge < -0.3 is 15.2 Å². The van der Waals surface area contributed by atoms with Crippen LogP contribution in [0.4, 0.5) is 5.69 Å². The van der Waals surface area contributed by atoms with Crippen molar-refractivity contribution in [2.75, 3.05) is 31.7 Å². The largest absolute Gasteiger partial charge is 0.394 e. The molecule has 0 spiro atoms. The second-order valence-electron chi connectivity index (χ2n) is 3.06. The van der Waals surface area contributed by atoms with Crippen molar-refractivity contribution >= 4 is 17.3 Å². The molecule has 86 valence electrons. The fraction of sp³-hybridized carbons (Fsp3) is 0.364. The Morgan fingerprint density at radius 3 is 2.94 bits per heavy atom. The van der Waals surface area contributed by atoms with Crippen molar-refractivity contribution in [3.05, 3.63) is 28.8 Å². The summed E-state index contributed by atoms with van der Waals surface area (Å²) in [6.45, 7) is 1.40. The highest BCUT2D eigenvalue weighted by molar-refractivity contribution is 6.30. The maximum Gasteiger partial charge on any atom is 0.101 e. The maximum atomic E-state index is 8.87. The molecule has 0 radical (unpaired) electrons. The summed E-state index contributed by atoms with van der Waals surface area (Å²) in [5.41, 5.74) is 1.24. The molecule has 0 atom stereocenters. The Labute approximate surface area is 99.4 Å². The van der Waals surface area contributed by atoms with E-state index < -0.39 is 0 Å². The minimum atomic E-state index is 0.0182. The topological polar surface area (TPSA) is 65.3 Å². The van der Waals surface area contributed by atoms with Gasteiger partial charge >= 0.3 is 0 Å².